The summed E-state index contributed by atoms with van der Waals surface area (Å²) in [5.74, 6) is 0.186. The van der Waals surface area contributed by atoms with Crippen LogP contribution in [0, 0.1) is 0 Å². The van der Waals surface area contributed by atoms with Gasteiger partial charge in [0.05, 0.1) is 18.8 Å². The van der Waals surface area contributed by atoms with Gasteiger partial charge in [0.15, 0.2) is 0 Å². The Kier molecular flexibility index (Phi) is 9.11. The molecule has 1 saturated heterocycles. The predicted octanol–water partition coefficient (Wildman–Crippen LogP) is 3.89. The molecule has 0 bridgehead atoms. The first-order valence-electron chi connectivity index (χ1n) is 10.3. The van der Waals surface area contributed by atoms with Gasteiger partial charge in [-0.25, -0.2) is 0 Å². The Morgan fingerprint density at radius 3 is 2.42 bits per heavy atom. The van der Waals surface area contributed by atoms with Crippen LogP contribution < -0.4 is 5.32 Å². The number of likely N-dealkylation sites (tertiary alicyclic amines) is 1. The summed E-state index contributed by atoms with van der Waals surface area (Å²) in [6, 6.07) is 0.302. The molecule has 0 spiro atoms. The lowest BCUT2D eigenvalue weighted by molar-refractivity contribution is -0.124. The number of carbonyl (C=O) groups is 1. The molecule has 0 aromatic heterocycles. The van der Waals surface area contributed by atoms with Crippen molar-refractivity contribution in [2.75, 3.05) is 19.6 Å². The van der Waals surface area contributed by atoms with E-state index in [4.69, 9.17) is 4.74 Å². The van der Waals surface area contributed by atoms with Crippen molar-refractivity contribution in [3.05, 3.63) is 0 Å². The summed E-state index contributed by atoms with van der Waals surface area (Å²) in [6.45, 7) is 6.88. The monoisotopic (exact) mass is 338 g/mol. The van der Waals surface area contributed by atoms with Gasteiger partial charge in [-0.05, 0) is 39.0 Å². The molecule has 1 unspecified atom stereocenters. The van der Waals surface area contributed by atoms with E-state index in [-0.39, 0.29) is 5.91 Å². The Morgan fingerprint density at radius 2 is 1.75 bits per heavy atom. The molecule has 0 aromatic carbocycles. The third-order valence-electron chi connectivity index (χ3n) is 5.49. The van der Waals surface area contributed by atoms with Gasteiger partial charge in [0.1, 0.15) is 0 Å². The summed E-state index contributed by atoms with van der Waals surface area (Å²) in [7, 11) is 0. The molecule has 4 heteroatoms. The Labute approximate surface area is 148 Å². The Balaban J connectivity index is 1.57. The lowest BCUT2D eigenvalue weighted by Crippen LogP contribution is -2.45. The van der Waals surface area contributed by atoms with Crippen LogP contribution in [0.4, 0.5) is 0 Å². The van der Waals surface area contributed by atoms with Crippen LogP contribution in [-0.4, -0.2) is 48.7 Å². The van der Waals surface area contributed by atoms with E-state index in [9.17, 15) is 4.79 Å². The summed E-state index contributed by atoms with van der Waals surface area (Å²) in [5.41, 5.74) is 0. The summed E-state index contributed by atoms with van der Waals surface area (Å²) >= 11 is 0. The van der Waals surface area contributed by atoms with E-state index in [1.807, 2.05) is 0 Å². The molecule has 140 valence electrons. The zero-order valence-electron chi connectivity index (χ0n) is 15.9. The van der Waals surface area contributed by atoms with Crippen LogP contribution in [0.3, 0.4) is 0 Å². The molecule has 2 rings (SSSR count). The zero-order chi connectivity index (χ0) is 17.2. The van der Waals surface area contributed by atoms with Crippen molar-refractivity contribution in [1.82, 2.24) is 10.2 Å². The zero-order valence-corrected chi connectivity index (χ0v) is 15.9. The summed E-state index contributed by atoms with van der Waals surface area (Å²) in [5, 5.41) is 3.15. The van der Waals surface area contributed by atoms with E-state index in [1.165, 1.54) is 51.4 Å². The van der Waals surface area contributed by atoms with Crippen LogP contribution in [0.15, 0.2) is 0 Å². The third-order valence-corrected chi connectivity index (χ3v) is 5.49. The minimum Gasteiger partial charge on any atom is -0.375 e. The lowest BCUT2D eigenvalue weighted by Gasteiger charge is -2.34. The molecule has 24 heavy (non-hydrogen) atoms. The second kappa shape index (κ2) is 11.1. The van der Waals surface area contributed by atoms with E-state index in [0.29, 0.717) is 24.8 Å². The van der Waals surface area contributed by atoms with E-state index in [0.717, 1.165) is 32.4 Å². The smallest absolute Gasteiger partial charge is 0.234 e. The van der Waals surface area contributed by atoms with Crippen molar-refractivity contribution >= 4 is 5.91 Å². The fourth-order valence-electron chi connectivity index (χ4n) is 3.97. The number of nitrogens with one attached hydrogen (secondary N) is 1. The van der Waals surface area contributed by atoms with Crippen LogP contribution in [0.2, 0.25) is 0 Å². The summed E-state index contributed by atoms with van der Waals surface area (Å²) < 4.78 is 6.28. The second-order valence-corrected chi connectivity index (χ2v) is 7.84. The minimum absolute atomic E-state index is 0.186. The fourth-order valence-corrected chi connectivity index (χ4v) is 3.97. The number of ether oxygens (including phenoxy) is 1. The van der Waals surface area contributed by atoms with Crippen LogP contribution in [0.5, 0.6) is 0 Å². The molecule has 0 aromatic rings. The molecule has 1 atom stereocenters. The molecule has 1 aliphatic heterocycles. The SMILES string of the molecule is CCCCCC(C)NC(=O)CN1CCC(OC2CCCCC2)CC1. The van der Waals surface area contributed by atoms with Gasteiger partial charge >= 0.3 is 0 Å². The van der Waals surface area contributed by atoms with Crippen LogP contribution in [0.1, 0.15) is 84.5 Å². The van der Waals surface area contributed by atoms with E-state index >= 15 is 0 Å². The van der Waals surface area contributed by atoms with Crippen molar-refractivity contribution in [3.63, 3.8) is 0 Å². The van der Waals surface area contributed by atoms with Crippen molar-refractivity contribution in [3.8, 4) is 0 Å². The van der Waals surface area contributed by atoms with E-state index in [1.54, 1.807) is 0 Å². The van der Waals surface area contributed by atoms with Gasteiger partial charge in [0.2, 0.25) is 5.91 Å². The highest BCUT2D eigenvalue weighted by Gasteiger charge is 2.25. The van der Waals surface area contributed by atoms with Gasteiger partial charge < -0.3 is 10.1 Å². The van der Waals surface area contributed by atoms with Gasteiger partial charge in [-0.3, -0.25) is 9.69 Å². The number of amides is 1. The van der Waals surface area contributed by atoms with Crippen molar-refractivity contribution in [1.29, 1.82) is 0 Å². The molecular formula is C20H38N2O2. The topological polar surface area (TPSA) is 41.6 Å². The maximum Gasteiger partial charge on any atom is 0.234 e. The van der Waals surface area contributed by atoms with Gasteiger partial charge in [0.25, 0.3) is 0 Å². The van der Waals surface area contributed by atoms with Crippen LogP contribution in [0.25, 0.3) is 0 Å². The van der Waals surface area contributed by atoms with Crippen molar-refractivity contribution < 1.29 is 9.53 Å². The van der Waals surface area contributed by atoms with Crippen molar-refractivity contribution in [2.24, 2.45) is 0 Å². The fraction of sp³-hybridized carbons (Fsp3) is 0.950. The maximum atomic E-state index is 12.2. The first-order valence-corrected chi connectivity index (χ1v) is 10.3. The highest BCUT2D eigenvalue weighted by Crippen LogP contribution is 2.24. The molecule has 0 radical (unpaired) electrons. The maximum absolute atomic E-state index is 12.2. The average molecular weight is 339 g/mol. The Morgan fingerprint density at radius 1 is 1.08 bits per heavy atom. The van der Waals surface area contributed by atoms with Gasteiger partial charge in [0, 0.05) is 19.1 Å². The Hall–Kier alpha value is -0.610. The quantitative estimate of drug-likeness (QED) is 0.649. The standard InChI is InChI=1S/C20H38N2O2/c1-3-4-6-9-17(2)21-20(23)16-22-14-12-19(13-15-22)24-18-10-7-5-8-11-18/h17-19H,3-16H2,1-2H3,(H,21,23). The van der Waals surface area contributed by atoms with Gasteiger partial charge in [-0.2, -0.15) is 0 Å². The first kappa shape index (κ1) is 19.7. The number of unbranched alkanes of at least 4 members (excludes halogenated alkanes) is 2. The molecule has 2 fully saturated rings. The van der Waals surface area contributed by atoms with E-state index < -0.39 is 0 Å². The molecule has 2 aliphatic rings. The molecular weight excluding hydrogens is 300 g/mol. The predicted molar refractivity (Wildman–Crippen MR) is 99.2 cm³/mol. The third kappa shape index (κ3) is 7.52. The number of piperidine rings is 1. The largest absolute Gasteiger partial charge is 0.375 e. The molecule has 4 nitrogen and oxygen atoms in total. The van der Waals surface area contributed by atoms with E-state index in [2.05, 4.69) is 24.1 Å². The van der Waals surface area contributed by atoms with Crippen LogP contribution >= 0.6 is 0 Å². The molecule has 1 heterocycles. The van der Waals surface area contributed by atoms with Gasteiger partial charge in [-0.15, -0.1) is 0 Å². The van der Waals surface area contributed by atoms with Gasteiger partial charge in [-0.1, -0.05) is 45.4 Å². The minimum atomic E-state index is 0.186. The van der Waals surface area contributed by atoms with Crippen molar-refractivity contribution in [2.45, 2.75) is 103 Å². The highest BCUT2D eigenvalue weighted by molar-refractivity contribution is 5.78. The summed E-state index contributed by atoms with van der Waals surface area (Å²) in [6.07, 6.45) is 14.4. The summed E-state index contributed by atoms with van der Waals surface area (Å²) in [4.78, 5) is 14.5. The number of hydrogen-bond acceptors (Lipinski definition) is 3. The molecule has 1 aliphatic carbocycles. The molecule has 1 amide bonds. The lowest BCUT2D eigenvalue weighted by atomic mass is 9.97. The number of nitrogens with zero attached hydrogens (tertiary/aromatic N) is 1. The number of rotatable bonds is 9. The highest BCUT2D eigenvalue weighted by atomic mass is 16.5. The van der Waals surface area contributed by atoms with Crippen LogP contribution in [-0.2, 0) is 9.53 Å². The molecule has 1 saturated carbocycles. The first-order chi connectivity index (χ1) is 11.7. The molecule has 1 N–H and O–H groups in total. The number of carbonyl (C=O) groups excluding carboxylic acids is 1. The second-order valence-electron chi connectivity index (χ2n) is 7.84. The normalized spacial score (nSPS) is 22.4. The average Bonchev–Trinajstić information content (AvgIpc) is 2.58. The Bertz CT molecular complexity index is 348. The number of hydrogen-bond donors (Lipinski definition) is 1.